The first-order valence-corrected chi connectivity index (χ1v) is 6.00. The van der Waals surface area contributed by atoms with Crippen molar-refractivity contribution < 1.29 is 9.90 Å². The predicted molar refractivity (Wildman–Crippen MR) is 63.9 cm³/mol. The lowest BCUT2D eigenvalue weighted by atomic mass is 10.2. The van der Waals surface area contributed by atoms with Crippen molar-refractivity contribution in [1.82, 2.24) is 0 Å². The van der Waals surface area contributed by atoms with E-state index in [-0.39, 0.29) is 0 Å². The van der Waals surface area contributed by atoms with Gasteiger partial charge in [-0.3, -0.25) is 4.79 Å². The summed E-state index contributed by atoms with van der Waals surface area (Å²) in [6, 6.07) is 6.09. The van der Waals surface area contributed by atoms with Crippen molar-refractivity contribution in [2.45, 2.75) is 24.1 Å². The second-order valence-corrected chi connectivity index (χ2v) is 4.97. The van der Waals surface area contributed by atoms with Crippen LogP contribution in [0.3, 0.4) is 0 Å². The van der Waals surface area contributed by atoms with Crippen LogP contribution in [-0.2, 0) is 4.79 Å². The summed E-state index contributed by atoms with van der Waals surface area (Å²) in [6.07, 6.45) is 0. The number of carboxylic acid groups (broad SMARTS) is 1. The van der Waals surface area contributed by atoms with Crippen LogP contribution in [0.4, 0.5) is 0 Å². The Morgan fingerprint density at radius 2 is 2.20 bits per heavy atom. The average molecular weight is 245 g/mol. The van der Waals surface area contributed by atoms with E-state index in [0.29, 0.717) is 5.75 Å². The van der Waals surface area contributed by atoms with Crippen LogP contribution < -0.4 is 0 Å². The fourth-order valence-electron chi connectivity index (χ4n) is 1.20. The highest BCUT2D eigenvalue weighted by Gasteiger charge is 2.14. The molecule has 1 unspecified atom stereocenters. The van der Waals surface area contributed by atoms with Gasteiger partial charge in [0.1, 0.15) is 5.38 Å². The highest BCUT2D eigenvalue weighted by molar-refractivity contribution is 7.99. The molecule has 1 atom stereocenters. The number of carboxylic acids is 1. The number of hydrogen-bond acceptors (Lipinski definition) is 2. The Balaban J connectivity index is 2.62. The molecule has 0 aliphatic rings. The molecule has 15 heavy (non-hydrogen) atoms. The number of aryl methyl sites for hydroxylation is 2. The molecule has 1 aromatic carbocycles. The molecule has 2 nitrogen and oxygen atoms in total. The van der Waals surface area contributed by atoms with Crippen LogP contribution in [0.2, 0.25) is 0 Å². The number of hydrogen-bond donors (Lipinski definition) is 1. The Labute approximate surface area is 98.6 Å². The summed E-state index contributed by atoms with van der Waals surface area (Å²) in [5, 5.41) is 7.80. The van der Waals surface area contributed by atoms with E-state index in [1.807, 2.05) is 26.0 Å². The number of aliphatic carboxylic acids is 1. The highest BCUT2D eigenvalue weighted by Crippen LogP contribution is 2.24. The zero-order chi connectivity index (χ0) is 11.4. The van der Waals surface area contributed by atoms with Crippen molar-refractivity contribution >= 4 is 29.3 Å². The minimum absolute atomic E-state index is 0.390. The van der Waals surface area contributed by atoms with Crippen LogP contribution in [-0.4, -0.2) is 22.2 Å². The van der Waals surface area contributed by atoms with E-state index in [2.05, 4.69) is 6.07 Å². The fourth-order valence-corrected chi connectivity index (χ4v) is 2.30. The van der Waals surface area contributed by atoms with Crippen LogP contribution in [0, 0.1) is 13.8 Å². The maximum Gasteiger partial charge on any atom is 0.322 e. The molecule has 1 N–H and O–H groups in total. The summed E-state index contributed by atoms with van der Waals surface area (Å²) in [4.78, 5) is 11.6. The normalized spacial score (nSPS) is 12.5. The zero-order valence-corrected chi connectivity index (χ0v) is 10.2. The number of carbonyl (C=O) groups is 1. The third kappa shape index (κ3) is 3.76. The molecule has 0 saturated heterocycles. The SMILES string of the molecule is Cc1ccc(SCC(Cl)C(=O)O)c(C)c1. The smallest absolute Gasteiger partial charge is 0.322 e. The van der Waals surface area contributed by atoms with E-state index in [1.165, 1.54) is 17.3 Å². The Kier molecular flexibility index (Phi) is 4.48. The third-order valence-electron chi connectivity index (χ3n) is 1.98. The number of rotatable bonds is 4. The standard InChI is InChI=1S/C11H13ClO2S/c1-7-3-4-10(8(2)5-7)15-6-9(12)11(13)14/h3-5,9H,6H2,1-2H3,(H,13,14). The third-order valence-corrected chi connectivity index (χ3v) is 3.78. The van der Waals surface area contributed by atoms with Crippen molar-refractivity contribution in [2.24, 2.45) is 0 Å². The van der Waals surface area contributed by atoms with Crippen molar-refractivity contribution in [2.75, 3.05) is 5.75 Å². The van der Waals surface area contributed by atoms with Gasteiger partial charge < -0.3 is 5.11 Å². The van der Waals surface area contributed by atoms with Crippen molar-refractivity contribution in [3.05, 3.63) is 29.3 Å². The molecule has 0 bridgehead atoms. The zero-order valence-electron chi connectivity index (χ0n) is 8.66. The lowest BCUT2D eigenvalue weighted by Crippen LogP contribution is -2.15. The van der Waals surface area contributed by atoms with E-state index in [4.69, 9.17) is 16.7 Å². The first kappa shape index (κ1) is 12.4. The van der Waals surface area contributed by atoms with Crippen molar-refractivity contribution in [3.63, 3.8) is 0 Å². The lowest BCUT2D eigenvalue weighted by Gasteiger charge is -2.07. The Bertz CT molecular complexity index is 366. The Hall–Kier alpha value is -0.670. The minimum Gasteiger partial charge on any atom is -0.480 e. The van der Waals surface area contributed by atoms with E-state index in [1.54, 1.807) is 0 Å². The van der Waals surface area contributed by atoms with Crippen LogP contribution in [0.1, 0.15) is 11.1 Å². The molecule has 0 heterocycles. The second kappa shape index (κ2) is 5.42. The molecule has 0 aliphatic heterocycles. The molecule has 0 spiro atoms. The molecule has 4 heteroatoms. The number of alkyl halides is 1. The predicted octanol–water partition coefficient (Wildman–Crippen LogP) is 3.09. The molecule has 82 valence electrons. The maximum absolute atomic E-state index is 10.5. The van der Waals surface area contributed by atoms with E-state index in [9.17, 15) is 4.79 Å². The van der Waals surface area contributed by atoms with Crippen molar-refractivity contribution in [1.29, 1.82) is 0 Å². The van der Waals surface area contributed by atoms with Gasteiger partial charge in [0.05, 0.1) is 0 Å². The second-order valence-electron chi connectivity index (χ2n) is 3.39. The van der Waals surface area contributed by atoms with Gasteiger partial charge in [-0.25, -0.2) is 0 Å². The van der Waals surface area contributed by atoms with E-state index < -0.39 is 11.3 Å². The molecular formula is C11H13ClO2S. The van der Waals surface area contributed by atoms with Gasteiger partial charge in [-0.1, -0.05) is 17.7 Å². The minimum atomic E-state index is -0.964. The topological polar surface area (TPSA) is 37.3 Å². The molecule has 0 radical (unpaired) electrons. The summed E-state index contributed by atoms with van der Waals surface area (Å²) in [7, 11) is 0. The van der Waals surface area contributed by atoms with Crippen molar-refractivity contribution in [3.8, 4) is 0 Å². The first-order valence-electron chi connectivity index (χ1n) is 4.57. The van der Waals surface area contributed by atoms with Gasteiger partial charge in [-0.15, -0.1) is 23.4 Å². The number of halogens is 1. The van der Waals surface area contributed by atoms with Gasteiger partial charge in [-0.2, -0.15) is 0 Å². The van der Waals surface area contributed by atoms with Gasteiger partial charge in [0, 0.05) is 10.6 Å². The molecule has 0 aliphatic carbocycles. The molecule has 0 fully saturated rings. The van der Waals surface area contributed by atoms with Gasteiger partial charge in [0.2, 0.25) is 0 Å². The number of thioether (sulfide) groups is 1. The summed E-state index contributed by atoms with van der Waals surface area (Å²) < 4.78 is 0. The van der Waals surface area contributed by atoms with E-state index in [0.717, 1.165) is 10.5 Å². The molecule has 0 saturated carbocycles. The summed E-state index contributed by atoms with van der Waals surface area (Å²) in [5.41, 5.74) is 2.37. The largest absolute Gasteiger partial charge is 0.480 e. The molecule has 1 rings (SSSR count). The Morgan fingerprint density at radius 3 is 2.73 bits per heavy atom. The Morgan fingerprint density at radius 1 is 1.53 bits per heavy atom. The van der Waals surface area contributed by atoms with Crippen LogP contribution in [0.25, 0.3) is 0 Å². The van der Waals surface area contributed by atoms with Gasteiger partial charge in [0.25, 0.3) is 0 Å². The summed E-state index contributed by atoms with van der Waals surface area (Å²) in [6.45, 7) is 4.04. The first-order chi connectivity index (χ1) is 7.00. The van der Waals surface area contributed by atoms with Crippen LogP contribution in [0.15, 0.2) is 23.1 Å². The number of benzene rings is 1. The maximum atomic E-state index is 10.5. The monoisotopic (exact) mass is 244 g/mol. The summed E-state index contributed by atoms with van der Waals surface area (Å²) >= 11 is 7.11. The summed E-state index contributed by atoms with van der Waals surface area (Å²) in [5.74, 6) is -0.574. The van der Waals surface area contributed by atoms with Gasteiger partial charge >= 0.3 is 5.97 Å². The average Bonchev–Trinajstić information content (AvgIpc) is 2.15. The molecular weight excluding hydrogens is 232 g/mol. The quantitative estimate of drug-likeness (QED) is 0.653. The molecule has 0 amide bonds. The van der Waals surface area contributed by atoms with Crippen LogP contribution >= 0.6 is 23.4 Å². The fraction of sp³-hybridized carbons (Fsp3) is 0.364. The molecule has 1 aromatic rings. The van der Waals surface area contributed by atoms with Gasteiger partial charge in [-0.05, 0) is 25.5 Å². The van der Waals surface area contributed by atoms with Gasteiger partial charge in [0.15, 0.2) is 0 Å². The molecule has 0 aromatic heterocycles. The van der Waals surface area contributed by atoms with E-state index >= 15 is 0 Å². The highest BCUT2D eigenvalue weighted by atomic mass is 35.5. The van der Waals surface area contributed by atoms with Crippen LogP contribution in [0.5, 0.6) is 0 Å². The lowest BCUT2D eigenvalue weighted by molar-refractivity contribution is -0.136.